The van der Waals surface area contributed by atoms with E-state index in [1.54, 1.807) is 12.3 Å². The van der Waals surface area contributed by atoms with E-state index >= 15 is 4.39 Å². The van der Waals surface area contributed by atoms with Crippen LogP contribution in [0.3, 0.4) is 0 Å². The third-order valence-electron chi connectivity index (χ3n) is 7.39. The number of fused-ring (bicyclic) bond motifs is 1. The average Bonchev–Trinajstić information content (AvgIpc) is 3.55. The van der Waals surface area contributed by atoms with Gasteiger partial charge in [-0.3, -0.25) is 14.5 Å². The lowest BCUT2D eigenvalue weighted by Crippen LogP contribution is -2.68. The number of alkyl halides is 1. The van der Waals surface area contributed by atoms with E-state index in [9.17, 15) is 4.79 Å². The fraction of sp³-hybridized carbons (Fsp3) is 0.400. The highest BCUT2D eigenvalue weighted by molar-refractivity contribution is 5.69. The van der Waals surface area contributed by atoms with Gasteiger partial charge in [0.15, 0.2) is 18.1 Å². The number of ether oxygens (including phenoxy) is 2. The van der Waals surface area contributed by atoms with Crippen molar-refractivity contribution in [1.82, 2.24) is 34.9 Å². The fourth-order valence-corrected chi connectivity index (χ4v) is 5.46. The third kappa shape index (κ3) is 3.88. The van der Waals surface area contributed by atoms with Crippen LogP contribution in [0.4, 0.5) is 21.0 Å². The number of imidazole rings is 1. The number of nitrogens with zero attached hydrogens (tertiary/aromatic N) is 5. The first-order valence-electron chi connectivity index (χ1n) is 12.3. The summed E-state index contributed by atoms with van der Waals surface area (Å²) in [5.41, 5.74) is 3.19. The van der Waals surface area contributed by atoms with Crippen molar-refractivity contribution < 1.29 is 18.7 Å². The maximum atomic E-state index is 15.2. The van der Waals surface area contributed by atoms with Crippen molar-refractivity contribution in [3.05, 3.63) is 54.1 Å². The van der Waals surface area contributed by atoms with E-state index in [-0.39, 0.29) is 12.1 Å². The monoisotopic (exact) mass is 504 g/mol. The van der Waals surface area contributed by atoms with Gasteiger partial charge in [-0.05, 0) is 44.2 Å². The van der Waals surface area contributed by atoms with Gasteiger partial charge >= 0.3 is 6.09 Å². The second-order valence-electron chi connectivity index (χ2n) is 10.1. The van der Waals surface area contributed by atoms with Crippen LogP contribution >= 0.6 is 0 Å². The molecule has 0 spiro atoms. The molecule has 37 heavy (non-hydrogen) atoms. The second kappa shape index (κ2) is 8.23. The molecular formula is C25H25FN8O3. The summed E-state index contributed by atoms with van der Waals surface area (Å²) in [6.07, 6.45) is 2.50. The molecule has 3 saturated carbocycles. The largest absolute Gasteiger partial charge is 0.441 e. The van der Waals surface area contributed by atoms with Crippen LogP contribution in [0, 0.1) is 12.8 Å². The Hall–Kier alpha value is -4.06. The summed E-state index contributed by atoms with van der Waals surface area (Å²) in [6, 6.07) is 9.13. The van der Waals surface area contributed by atoms with Gasteiger partial charge in [0, 0.05) is 30.1 Å². The number of hydrogen-bond donors (Lipinski definition) is 3. The van der Waals surface area contributed by atoms with Crippen molar-refractivity contribution in [3.63, 3.8) is 0 Å². The Balaban J connectivity index is 1.07. The molecule has 12 heteroatoms. The Labute approximate surface area is 210 Å². The van der Waals surface area contributed by atoms with E-state index in [2.05, 4.69) is 30.8 Å². The van der Waals surface area contributed by atoms with Crippen molar-refractivity contribution in [2.24, 2.45) is 5.92 Å². The molecule has 4 aromatic heterocycles. The van der Waals surface area contributed by atoms with Crippen LogP contribution < -0.4 is 10.6 Å². The zero-order valence-corrected chi connectivity index (χ0v) is 20.0. The number of hydrogen-bond acceptors (Lipinski definition) is 8. The first-order valence-corrected chi connectivity index (χ1v) is 12.3. The summed E-state index contributed by atoms with van der Waals surface area (Å²) in [4.78, 5) is 25.9. The van der Waals surface area contributed by atoms with Crippen LogP contribution in [-0.4, -0.2) is 60.1 Å². The van der Waals surface area contributed by atoms with Gasteiger partial charge in [0.1, 0.15) is 11.8 Å². The normalized spacial score (nSPS) is 27.9. The van der Waals surface area contributed by atoms with E-state index in [0.717, 1.165) is 30.9 Å². The molecule has 3 atom stereocenters. The van der Waals surface area contributed by atoms with Crippen LogP contribution in [-0.2, 0) is 9.47 Å². The molecule has 3 N–H and O–H groups in total. The summed E-state index contributed by atoms with van der Waals surface area (Å²) < 4.78 is 28.0. The molecule has 0 aromatic carbocycles. The zero-order chi connectivity index (χ0) is 25.1. The van der Waals surface area contributed by atoms with Gasteiger partial charge in [0.05, 0.1) is 29.4 Å². The van der Waals surface area contributed by atoms with Crippen molar-refractivity contribution in [2.75, 3.05) is 11.9 Å². The first kappa shape index (κ1) is 22.2. The predicted octanol–water partition coefficient (Wildman–Crippen LogP) is 3.62. The molecule has 3 aliphatic carbocycles. The van der Waals surface area contributed by atoms with E-state index in [1.165, 1.54) is 0 Å². The van der Waals surface area contributed by atoms with Gasteiger partial charge in [-0.2, -0.15) is 5.10 Å². The maximum Gasteiger partial charge on any atom is 0.408 e. The van der Waals surface area contributed by atoms with Crippen LogP contribution in [0.5, 0.6) is 0 Å². The molecule has 0 unspecified atom stereocenters. The molecule has 1 saturated heterocycles. The van der Waals surface area contributed by atoms with Gasteiger partial charge in [-0.25, -0.2) is 19.2 Å². The zero-order valence-electron chi connectivity index (χ0n) is 20.0. The molecule has 190 valence electrons. The smallest absolute Gasteiger partial charge is 0.408 e. The lowest BCUT2D eigenvalue weighted by atomic mass is 9.50. The number of carbonyl (C=O) groups excluding carboxylic acids is 1. The SMILES string of the molecule is Cc1cn2c(Nc3cc([C@@H]4OC[C@H](OC(=O)NC56CC(C5)C6)[C@@H]4F)[nH]n3)nc(-c3ccccn3)cc2n1. The molecule has 4 aliphatic rings. The predicted molar refractivity (Wildman–Crippen MR) is 130 cm³/mol. The molecule has 5 heterocycles. The number of anilines is 2. The number of aromatic nitrogens is 6. The van der Waals surface area contributed by atoms with E-state index in [0.29, 0.717) is 34.5 Å². The second-order valence-corrected chi connectivity index (χ2v) is 10.1. The topological polar surface area (TPSA) is 131 Å². The number of halogens is 1. The number of pyridine rings is 1. The van der Waals surface area contributed by atoms with Crippen molar-refractivity contribution >= 4 is 23.5 Å². The number of alkyl carbamates (subject to hydrolysis) is 1. The molecule has 1 aliphatic heterocycles. The average molecular weight is 505 g/mol. The Bertz CT molecular complexity index is 1470. The summed E-state index contributed by atoms with van der Waals surface area (Å²) in [5, 5.41) is 13.2. The van der Waals surface area contributed by atoms with Gasteiger partial charge in [-0.15, -0.1) is 0 Å². The minimum absolute atomic E-state index is 0.0285. The fourth-order valence-electron chi connectivity index (χ4n) is 5.46. The minimum atomic E-state index is -1.53. The van der Waals surface area contributed by atoms with Crippen molar-refractivity contribution in [2.45, 2.75) is 50.1 Å². The third-order valence-corrected chi connectivity index (χ3v) is 7.39. The van der Waals surface area contributed by atoms with Crippen molar-refractivity contribution in [3.8, 4) is 11.4 Å². The Kier molecular flexibility index (Phi) is 4.93. The number of aryl methyl sites for hydroxylation is 1. The number of nitrogens with one attached hydrogen (secondary N) is 3. The molecule has 8 rings (SSSR count). The highest BCUT2D eigenvalue weighted by Crippen LogP contribution is 2.57. The molecular weight excluding hydrogens is 479 g/mol. The summed E-state index contributed by atoms with van der Waals surface area (Å²) in [7, 11) is 0. The van der Waals surface area contributed by atoms with Crippen LogP contribution in [0.15, 0.2) is 42.7 Å². The summed E-state index contributed by atoms with van der Waals surface area (Å²) >= 11 is 0. The molecule has 4 fully saturated rings. The quantitative estimate of drug-likeness (QED) is 0.363. The number of carbonyl (C=O) groups is 1. The summed E-state index contributed by atoms with van der Waals surface area (Å²) in [5.74, 6) is 1.63. The Morgan fingerprint density at radius 3 is 2.86 bits per heavy atom. The number of aromatic amines is 1. The minimum Gasteiger partial charge on any atom is -0.441 e. The van der Waals surface area contributed by atoms with Crippen LogP contribution in [0.2, 0.25) is 0 Å². The lowest BCUT2D eigenvalue weighted by molar-refractivity contribution is -0.0528. The van der Waals surface area contributed by atoms with Crippen LogP contribution in [0.1, 0.15) is 36.8 Å². The molecule has 11 nitrogen and oxygen atoms in total. The summed E-state index contributed by atoms with van der Waals surface area (Å²) in [6.45, 7) is 1.87. The van der Waals surface area contributed by atoms with E-state index in [1.807, 2.05) is 41.8 Å². The maximum absolute atomic E-state index is 15.2. The molecule has 0 radical (unpaired) electrons. The number of H-pyrrole nitrogens is 1. The lowest BCUT2D eigenvalue weighted by Gasteiger charge is -2.61. The van der Waals surface area contributed by atoms with Crippen LogP contribution in [0.25, 0.3) is 17.0 Å². The Morgan fingerprint density at radius 1 is 1.24 bits per heavy atom. The number of rotatable bonds is 6. The van der Waals surface area contributed by atoms with Gasteiger partial charge in [0.25, 0.3) is 0 Å². The number of amides is 1. The van der Waals surface area contributed by atoms with Gasteiger partial charge in [0.2, 0.25) is 5.95 Å². The highest BCUT2D eigenvalue weighted by atomic mass is 19.1. The van der Waals surface area contributed by atoms with E-state index in [4.69, 9.17) is 14.5 Å². The van der Waals surface area contributed by atoms with Gasteiger partial charge in [-0.1, -0.05) is 6.07 Å². The van der Waals surface area contributed by atoms with Gasteiger partial charge < -0.3 is 20.1 Å². The Morgan fingerprint density at radius 2 is 2.11 bits per heavy atom. The van der Waals surface area contributed by atoms with Crippen molar-refractivity contribution in [1.29, 1.82) is 0 Å². The highest BCUT2D eigenvalue weighted by Gasteiger charge is 2.58. The van der Waals surface area contributed by atoms with E-state index < -0.39 is 24.5 Å². The molecule has 2 bridgehead atoms. The first-order chi connectivity index (χ1) is 17.9. The standard InChI is InChI=1S/C25H25FN8O3/c1-13-11-34-20(28-13)7-16(15-4-2-3-5-27-15)29-23(34)30-19-6-17(32-33-19)22-21(26)18(12-36-22)37-24(35)31-25-8-14(9-25)10-25/h2-7,11,14,18,21-22H,8-10,12H2,1H3,(H,31,35)(H2,29,30,32,33)/t14?,18-,21-,22-,25?/m0/s1. The molecule has 1 amide bonds. The molecule has 4 aromatic rings.